The van der Waals surface area contributed by atoms with Crippen LogP contribution in [-0.2, 0) is 0 Å². The van der Waals surface area contributed by atoms with Gasteiger partial charge in [0.25, 0.3) is 0 Å². The van der Waals surface area contributed by atoms with Gasteiger partial charge in [0.05, 0.1) is 4.83 Å². The Labute approximate surface area is 136 Å². The summed E-state index contributed by atoms with van der Waals surface area (Å²) in [5.41, 5.74) is 3.87. The average Bonchev–Trinajstić information content (AvgIpc) is 2.48. The highest BCUT2D eigenvalue weighted by atomic mass is 79.9. The summed E-state index contributed by atoms with van der Waals surface area (Å²) in [5.74, 6) is 0. The third-order valence-corrected chi connectivity index (χ3v) is 5.26. The highest BCUT2D eigenvalue weighted by Gasteiger charge is 2.14. The van der Waals surface area contributed by atoms with Gasteiger partial charge in [0, 0.05) is 4.47 Å². The lowest BCUT2D eigenvalue weighted by Gasteiger charge is -2.15. The van der Waals surface area contributed by atoms with Crippen LogP contribution in [0.2, 0.25) is 0 Å². The van der Waals surface area contributed by atoms with Crippen LogP contribution in [0, 0.1) is 6.92 Å². The Kier molecular flexibility index (Phi) is 3.95. The molecular formula is C18H14Br2. The Morgan fingerprint density at radius 1 is 0.800 bits per heavy atom. The first-order valence-corrected chi connectivity index (χ1v) is 8.25. The van der Waals surface area contributed by atoms with Gasteiger partial charge < -0.3 is 0 Å². The van der Waals surface area contributed by atoms with Crippen LogP contribution < -0.4 is 0 Å². The van der Waals surface area contributed by atoms with Gasteiger partial charge in [-0.25, -0.2) is 0 Å². The minimum absolute atomic E-state index is 0.209. The van der Waals surface area contributed by atoms with Crippen LogP contribution in [0.25, 0.3) is 10.8 Å². The first-order valence-electron chi connectivity index (χ1n) is 6.54. The third-order valence-electron chi connectivity index (χ3n) is 3.55. The monoisotopic (exact) mass is 388 g/mol. The van der Waals surface area contributed by atoms with Gasteiger partial charge in [-0.2, -0.15) is 0 Å². The number of hydrogen-bond acceptors (Lipinski definition) is 0. The van der Waals surface area contributed by atoms with Crippen LogP contribution in [-0.4, -0.2) is 0 Å². The van der Waals surface area contributed by atoms with E-state index in [2.05, 4.69) is 99.4 Å². The van der Waals surface area contributed by atoms with E-state index >= 15 is 0 Å². The summed E-state index contributed by atoms with van der Waals surface area (Å²) in [6.45, 7) is 2.11. The molecule has 0 saturated carbocycles. The summed E-state index contributed by atoms with van der Waals surface area (Å²) in [6.07, 6.45) is 0. The molecule has 20 heavy (non-hydrogen) atoms. The Morgan fingerprint density at radius 2 is 1.45 bits per heavy atom. The zero-order valence-corrected chi connectivity index (χ0v) is 14.3. The number of rotatable bonds is 2. The van der Waals surface area contributed by atoms with Gasteiger partial charge in [0.15, 0.2) is 0 Å². The van der Waals surface area contributed by atoms with Gasteiger partial charge in [-0.05, 0) is 34.9 Å². The van der Waals surface area contributed by atoms with Crippen LogP contribution >= 0.6 is 31.9 Å². The number of alkyl halides is 1. The molecule has 2 heteroatoms. The van der Waals surface area contributed by atoms with E-state index in [1.807, 2.05) is 0 Å². The van der Waals surface area contributed by atoms with Crippen molar-refractivity contribution in [1.29, 1.82) is 0 Å². The average molecular weight is 390 g/mol. The number of fused-ring (bicyclic) bond motifs is 1. The molecular weight excluding hydrogens is 376 g/mol. The van der Waals surface area contributed by atoms with Crippen molar-refractivity contribution in [2.75, 3.05) is 0 Å². The van der Waals surface area contributed by atoms with E-state index in [0.717, 1.165) is 4.47 Å². The van der Waals surface area contributed by atoms with Crippen molar-refractivity contribution in [1.82, 2.24) is 0 Å². The number of hydrogen-bond donors (Lipinski definition) is 0. The zero-order chi connectivity index (χ0) is 14.1. The first kappa shape index (κ1) is 13.8. The molecule has 0 amide bonds. The first-order chi connectivity index (χ1) is 9.66. The summed E-state index contributed by atoms with van der Waals surface area (Å²) < 4.78 is 1.14. The molecule has 0 spiro atoms. The fourth-order valence-corrected chi connectivity index (χ4v) is 3.60. The molecule has 0 aliphatic carbocycles. The fraction of sp³-hybridized carbons (Fsp3) is 0.111. The van der Waals surface area contributed by atoms with Gasteiger partial charge >= 0.3 is 0 Å². The van der Waals surface area contributed by atoms with E-state index in [0.29, 0.717) is 0 Å². The molecule has 0 saturated heterocycles. The molecule has 100 valence electrons. The summed E-state index contributed by atoms with van der Waals surface area (Å²) in [7, 11) is 0. The van der Waals surface area contributed by atoms with Crippen molar-refractivity contribution < 1.29 is 0 Å². The van der Waals surface area contributed by atoms with Crippen LogP contribution in [0.15, 0.2) is 65.1 Å². The lowest BCUT2D eigenvalue weighted by atomic mass is 9.98. The normalized spacial score (nSPS) is 12.6. The minimum atomic E-state index is 0.209. The van der Waals surface area contributed by atoms with E-state index in [9.17, 15) is 0 Å². The molecule has 0 aliphatic rings. The quantitative estimate of drug-likeness (QED) is 0.445. The smallest absolute Gasteiger partial charge is 0.0650 e. The zero-order valence-electron chi connectivity index (χ0n) is 11.1. The maximum Gasteiger partial charge on any atom is 0.0650 e. The topological polar surface area (TPSA) is 0 Å². The molecule has 0 heterocycles. The number of aryl methyl sites for hydroxylation is 1. The Bertz CT molecular complexity index is 745. The van der Waals surface area contributed by atoms with Crippen molar-refractivity contribution in [2.45, 2.75) is 11.8 Å². The second-order valence-corrected chi connectivity index (χ2v) is 6.73. The van der Waals surface area contributed by atoms with Crippen molar-refractivity contribution >= 4 is 42.6 Å². The summed E-state index contributed by atoms with van der Waals surface area (Å²) in [6, 6.07) is 21.5. The van der Waals surface area contributed by atoms with Gasteiger partial charge in [-0.1, -0.05) is 92.0 Å². The Morgan fingerprint density at radius 3 is 2.15 bits per heavy atom. The predicted molar refractivity (Wildman–Crippen MR) is 93.6 cm³/mol. The van der Waals surface area contributed by atoms with Crippen molar-refractivity contribution in [3.8, 4) is 0 Å². The SMILES string of the molecule is Cc1ccc(C(Br)c2ccc(Br)c3ccccc23)cc1. The summed E-state index contributed by atoms with van der Waals surface area (Å²) >= 11 is 7.48. The van der Waals surface area contributed by atoms with Crippen molar-refractivity contribution in [3.63, 3.8) is 0 Å². The molecule has 0 aromatic heterocycles. The summed E-state index contributed by atoms with van der Waals surface area (Å²) in [4.78, 5) is 0.209. The Hall–Kier alpha value is -1.12. The summed E-state index contributed by atoms with van der Waals surface area (Å²) in [5, 5.41) is 2.53. The largest absolute Gasteiger partial charge is 0.0786 e. The minimum Gasteiger partial charge on any atom is -0.0786 e. The van der Waals surface area contributed by atoms with Crippen LogP contribution in [0.4, 0.5) is 0 Å². The molecule has 3 aromatic rings. The Balaban J connectivity index is 2.14. The molecule has 3 aromatic carbocycles. The molecule has 0 radical (unpaired) electrons. The van der Waals surface area contributed by atoms with E-state index in [1.165, 1.54) is 27.5 Å². The third kappa shape index (κ3) is 2.55. The predicted octanol–water partition coefficient (Wildman–Crippen LogP) is 6.40. The lowest BCUT2D eigenvalue weighted by molar-refractivity contribution is 1.19. The van der Waals surface area contributed by atoms with E-state index in [4.69, 9.17) is 0 Å². The molecule has 0 fully saturated rings. The van der Waals surface area contributed by atoms with E-state index in [-0.39, 0.29) is 4.83 Å². The second kappa shape index (κ2) is 5.71. The van der Waals surface area contributed by atoms with Crippen LogP contribution in [0.1, 0.15) is 21.5 Å². The fourth-order valence-electron chi connectivity index (χ4n) is 2.42. The number of halogens is 2. The second-order valence-electron chi connectivity index (χ2n) is 4.96. The standard InChI is InChI=1S/C18H14Br2/c1-12-6-8-13(9-7-12)18(20)16-10-11-17(19)15-5-3-2-4-14(15)16/h2-11,18H,1H3. The number of benzene rings is 3. The molecule has 3 rings (SSSR count). The molecule has 1 unspecified atom stereocenters. The van der Waals surface area contributed by atoms with E-state index < -0.39 is 0 Å². The maximum atomic E-state index is 3.85. The van der Waals surface area contributed by atoms with Gasteiger partial charge in [0.2, 0.25) is 0 Å². The maximum absolute atomic E-state index is 3.85. The van der Waals surface area contributed by atoms with Gasteiger partial charge in [-0.3, -0.25) is 0 Å². The van der Waals surface area contributed by atoms with Gasteiger partial charge in [0.1, 0.15) is 0 Å². The van der Waals surface area contributed by atoms with Crippen LogP contribution in [0.3, 0.4) is 0 Å². The molecule has 0 bridgehead atoms. The van der Waals surface area contributed by atoms with Gasteiger partial charge in [-0.15, -0.1) is 0 Å². The molecule has 0 N–H and O–H groups in total. The lowest BCUT2D eigenvalue weighted by Crippen LogP contribution is -1.94. The van der Waals surface area contributed by atoms with Crippen molar-refractivity contribution in [2.24, 2.45) is 0 Å². The van der Waals surface area contributed by atoms with Crippen molar-refractivity contribution in [3.05, 3.63) is 81.8 Å². The van der Waals surface area contributed by atoms with Crippen LogP contribution in [0.5, 0.6) is 0 Å². The highest BCUT2D eigenvalue weighted by Crippen LogP contribution is 2.37. The molecule has 0 nitrogen and oxygen atoms in total. The highest BCUT2D eigenvalue weighted by molar-refractivity contribution is 9.10. The molecule has 1 atom stereocenters. The molecule has 0 aliphatic heterocycles. The van der Waals surface area contributed by atoms with E-state index in [1.54, 1.807) is 0 Å².